The number of rotatable bonds is 4. The second kappa shape index (κ2) is 5.04. The lowest BCUT2D eigenvalue weighted by atomic mass is 9.96. The van der Waals surface area contributed by atoms with Gasteiger partial charge in [-0.05, 0) is 42.7 Å². The average Bonchev–Trinajstić information content (AvgIpc) is 3.27. The summed E-state index contributed by atoms with van der Waals surface area (Å²) in [6.45, 7) is 0.539. The van der Waals surface area contributed by atoms with E-state index in [0.29, 0.717) is 12.1 Å². The fraction of sp³-hybridized carbons (Fsp3) is 0.250. The number of amides is 1. The van der Waals surface area contributed by atoms with Crippen LogP contribution in [0.3, 0.4) is 0 Å². The molecular weight excluding hydrogens is 255 g/mol. The summed E-state index contributed by atoms with van der Waals surface area (Å²) in [7, 11) is 0. The number of nitrogens with one attached hydrogen (secondary N) is 1. The zero-order valence-corrected chi connectivity index (χ0v) is 11.0. The zero-order valence-electron chi connectivity index (χ0n) is 11.0. The Morgan fingerprint density at radius 2 is 2.00 bits per heavy atom. The van der Waals surface area contributed by atoms with Crippen molar-refractivity contribution in [3.05, 3.63) is 65.7 Å². The summed E-state index contributed by atoms with van der Waals surface area (Å²) in [4.78, 5) is 15.9. The number of hydrogen-bond donors (Lipinski definition) is 1. The minimum atomic E-state index is -0.228. The van der Waals surface area contributed by atoms with Crippen LogP contribution in [0.4, 0.5) is 4.39 Å². The molecule has 1 aromatic carbocycles. The molecule has 1 amide bonds. The number of aromatic nitrogens is 1. The van der Waals surface area contributed by atoms with Gasteiger partial charge in [-0.15, -0.1) is 0 Å². The van der Waals surface area contributed by atoms with E-state index in [4.69, 9.17) is 0 Å². The maximum atomic E-state index is 13.3. The first-order valence-electron chi connectivity index (χ1n) is 6.64. The lowest BCUT2D eigenvalue weighted by molar-refractivity contribution is 0.0949. The first-order valence-corrected chi connectivity index (χ1v) is 6.64. The summed E-state index contributed by atoms with van der Waals surface area (Å²) in [6.07, 6.45) is 5.14. The number of halogens is 1. The Labute approximate surface area is 116 Å². The monoisotopic (exact) mass is 270 g/mol. The first kappa shape index (κ1) is 12.8. The molecule has 0 aliphatic heterocycles. The number of pyridine rings is 1. The molecule has 3 nitrogen and oxygen atoms in total. The van der Waals surface area contributed by atoms with Crippen molar-refractivity contribution in [2.24, 2.45) is 0 Å². The molecule has 0 radical (unpaired) electrons. The van der Waals surface area contributed by atoms with E-state index in [9.17, 15) is 9.18 Å². The molecule has 0 saturated heterocycles. The molecule has 1 aliphatic carbocycles. The smallest absolute Gasteiger partial charge is 0.251 e. The van der Waals surface area contributed by atoms with Gasteiger partial charge in [-0.25, -0.2) is 4.39 Å². The van der Waals surface area contributed by atoms with E-state index in [1.807, 2.05) is 6.07 Å². The van der Waals surface area contributed by atoms with Crippen LogP contribution in [-0.2, 0) is 5.41 Å². The Bertz CT molecular complexity index is 623. The van der Waals surface area contributed by atoms with Crippen LogP contribution in [-0.4, -0.2) is 17.4 Å². The molecule has 20 heavy (non-hydrogen) atoms. The van der Waals surface area contributed by atoms with Gasteiger partial charge in [-0.2, -0.15) is 0 Å². The van der Waals surface area contributed by atoms with E-state index < -0.39 is 0 Å². The lowest BCUT2D eigenvalue weighted by Crippen LogP contribution is -2.32. The van der Waals surface area contributed by atoms with Gasteiger partial charge in [0.15, 0.2) is 0 Å². The molecule has 0 bridgehead atoms. The summed E-state index contributed by atoms with van der Waals surface area (Å²) in [6, 6.07) is 10.00. The molecule has 3 rings (SSSR count). The minimum Gasteiger partial charge on any atom is -0.351 e. The largest absolute Gasteiger partial charge is 0.351 e. The third-order valence-corrected chi connectivity index (χ3v) is 3.82. The van der Waals surface area contributed by atoms with E-state index >= 15 is 0 Å². The Morgan fingerprint density at radius 3 is 2.65 bits per heavy atom. The van der Waals surface area contributed by atoms with Gasteiger partial charge in [0.05, 0.1) is 0 Å². The van der Waals surface area contributed by atoms with E-state index in [1.54, 1.807) is 36.7 Å². The Kier molecular flexibility index (Phi) is 3.22. The highest BCUT2D eigenvalue weighted by Gasteiger charge is 2.44. The van der Waals surface area contributed by atoms with Crippen LogP contribution in [0.5, 0.6) is 0 Å². The summed E-state index contributed by atoms with van der Waals surface area (Å²) in [5.74, 6) is -0.343. The maximum absolute atomic E-state index is 13.3. The van der Waals surface area contributed by atoms with Gasteiger partial charge in [0.1, 0.15) is 5.82 Å². The second-order valence-corrected chi connectivity index (χ2v) is 5.21. The van der Waals surface area contributed by atoms with Gasteiger partial charge < -0.3 is 5.32 Å². The molecule has 4 heteroatoms. The molecule has 1 fully saturated rings. The predicted octanol–water partition coefficient (Wildman–Crippen LogP) is 2.68. The second-order valence-electron chi connectivity index (χ2n) is 5.21. The Hall–Kier alpha value is -2.23. The SMILES string of the molecule is O=C(NCC1(c2cccc(F)c2)CC1)c1ccncc1. The normalized spacial score (nSPS) is 15.7. The molecule has 0 spiro atoms. The molecular formula is C16H15FN2O. The predicted molar refractivity (Wildman–Crippen MR) is 73.9 cm³/mol. The first-order chi connectivity index (χ1) is 9.70. The van der Waals surface area contributed by atoms with Crippen LogP contribution in [0, 0.1) is 5.82 Å². The highest BCUT2D eigenvalue weighted by atomic mass is 19.1. The Balaban J connectivity index is 1.68. The summed E-state index contributed by atoms with van der Waals surface area (Å²) in [5.41, 5.74) is 1.47. The van der Waals surface area contributed by atoms with Crippen molar-refractivity contribution in [2.75, 3.05) is 6.54 Å². The fourth-order valence-electron chi connectivity index (χ4n) is 2.39. The zero-order chi connectivity index (χ0) is 14.0. The molecule has 1 heterocycles. The molecule has 1 aromatic heterocycles. The molecule has 102 valence electrons. The van der Waals surface area contributed by atoms with Gasteiger partial charge in [0.25, 0.3) is 5.91 Å². The van der Waals surface area contributed by atoms with Crippen LogP contribution in [0.15, 0.2) is 48.8 Å². The minimum absolute atomic E-state index is 0.0925. The van der Waals surface area contributed by atoms with Crippen LogP contribution < -0.4 is 5.32 Å². The van der Waals surface area contributed by atoms with Crippen molar-refractivity contribution in [2.45, 2.75) is 18.3 Å². The van der Waals surface area contributed by atoms with E-state index in [1.165, 1.54) is 6.07 Å². The number of carbonyl (C=O) groups is 1. The van der Waals surface area contributed by atoms with Crippen LogP contribution >= 0.6 is 0 Å². The summed E-state index contributed by atoms with van der Waals surface area (Å²) in [5, 5.41) is 2.93. The van der Waals surface area contributed by atoms with E-state index in [0.717, 1.165) is 18.4 Å². The number of carbonyl (C=O) groups excluding carboxylic acids is 1. The molecule has 0 unspecified atom stereocenters. The van der Waals surface area contributed by atoms with Gasteiger partial charge in [-0.1, -0.05) is 12.1 Å². The third-order valence-electron chi connectivity index (χ3n) is 3.82. The van der Waals surface area contributed by atoms with E-state index in [-0.39, 0.29) is 17.1 Å². The van der Waals surface area contributed by atoms with Gasteiger partial charge in [-0.3, -0.25) is 9.78 Å². The standard InChI is InChI=1S/C16H15FN2O/c17-14-3-1-2-13(10-14)16(6-7-16)11-19-15(20)12-4-8-18-9-5-12/h1-5,8-10H,6-7,11H2,(H,19,20). The topological polar surface area (TPSA) is 42.0 Å². The molecule has 1 N–H and O–H groups in total. The lowest BCUT2D eigenvalue weighted by Gasteiger charge is -2.16. The van der Waals surface area contributed by atoms with Crippen molar-refractivity contribution >= 4 is 5.91 Å². The third kappa shape index (κ3) is 2.54. The summed E-state index contributed by atoms with van der Waals surface area (Å²) < 4.78 is 13.3. The highest BCUT2D eigenvalue weighted by Crippen LogP contribution is 2.47. The van der Waals surface area contributed by atoms with Gasteiger partial charge in [0.2, 0.25) is 0 Å². The van der Waals surface area contributed by atoms with Crippen molar-refractivity contribution in [1.29, 1.82) is 0 Å². The van der Waals surface area contributed by atoms with Crippen molar-refractivity contribution in [3.8, 4) is 0 Å². The van der Waals surface area contributed by atoms with Crippen LogP contribution in [0.2, 0.25) is 0 Å². The van der Waals surface area contributed by atoms with Crippen molar-refractivity contribution in [3.63, 3.8) is 0 Å². The average molecular weight is 270 g/mol. The number of hydrogen-bond acceptors (Lipinski definition) is 2. The molecule has 1 saturated carbocycles. The number of benzene rings is 1. The van der Waals surface area contributed by atoms with Crippen molar-refractivity contribution in [1.82, 2.24) is 10.3 Å². The van der Waals surface area contributed by atoms with E-state index in [2.05, 4.69) is 10.3 Å². The van der Waals surface area contributed by atoms with Crippen LogP contribution in [0.25, 0.3) is 0 Å². The molecule has 0 atom stereocenters. The maximum Gasteiger partial charge on any atom is 0.251 e. The van der Waals surface area contributed by atoms with Gasteiger partial charge >= 0.3 is 0 Å². The highest BCUT2D eigenvalue weighted by molar-refractivity contribution is 5.94. The van der Waals surface area contributed by atoms with Crippen molar-refractivity contribution < 1.29 is 9.18 Å². The van der Waals surface area contributed by atoms with Crippen LogP contribution in [0.1, 0.15) is 28.8 Å². The van der Waals surface area contributed by atoms with Gasteiger partial charge in [0, 0.05) is 29.9 Å². The Morgan fingerprint density at radius 1 is 1.25 bits per heavy atom. The fourth-order valence-corrected chi connectivity index (χ4v) is 2.39. The quantitative estimate of drug-likeness (QED) is 0.928. The summed E-state index contributed by atoms with van der Waals surface area (Å²) >= 11 is 0. The molecule has 2 aromatic rings. The molecule has 1 aliphatic rings. The number of nitrogens with zero attached hydrogens (tertiary/aromatic N) is 1.